The van der Waals surface area contributed by atoms with Crippen LogP contribution in [0.4, 0.5) is 10.1 Å². The summed E-state index contributed by atoms with van der Waals surface area (Å²) in [6, 6.07) is 2.92. The smallest absolute Gasteiger partial charge is 0.273 e. The van der Waals surface area contributed by atoms with Crippen molar-refractivity contribution in [2.45, 2.75) is 31.8 Å². The van der Waals surface area contributed by atoms with Crippen LogP contribution in [0.2, 0.25) is 0 Å². The van der Waals surface area contributed by atoms with Gasteiger partial charge in [-0.1, -0.05) is 0 Å². The molecule has 0 radical (unpaired) electrons. The average molecular weight is 281 g/mol. The topological polar surface area (TPSA) is 89.5 Å². The van der Waals surface area contributed by atoms with Gasteiger partial charge in [-0.25, -0.2) is 4.39 Å². The van der Waals surface area contributed by atoms with Gasteiger partial charge in [0.15, 0.2) is 0 Å². The Morgan fingerprint density at radius 2 is 2.20 bits per heavy atom. The second-order valence-corrected chi connectivity index (χ2v) is 5.09. The summed E-state index contributed by atoms with van der Waals surface area (Å²) >= 11 is 0. The molecular formula is C13H16FN3O3. The quantitative estimate of drug-likeness (QED) is 0.659. The van der Waals surface area contributed by atoms with E-state index in [1.54, 1.807) is 4.90 Å². The Morgan fingerprint density at radius 3 is 2.80 bits per heavy atom. The first-order valence-electron chi connectivity index (χ1n) is 6.40. The molecular weight excluding hydrogens is 265 g/mol. The Morgan fingerprint density at radius 1 is 1.50 bits per heavy atom. The number of rotatable bonds is 2. The number of piperidine rings is 1. The number of nitro groups is 1. The summed E-state index contributed by atoms with van der Waals surface area (Å²) in [6.45, 7) is 2.34. The zero-order valence-corrected chi connectivity index (χ0v) is 11.1. The molecule has 2 rings (SSSR count). The predicted octanol–water partition coefficient (Wildman–Crippen LogP) is 1.69. The number of hydrogen-bond donors (Lipinski definition) is 1. The van der Waals surface area contributed by atoms with E-state index in [-0.39, 0.29) is 17.6 Å². The van der Waals surface area contributed by atoms with Crippen molar-refractivity contribution >= 4 is 11.6 Å². The third kappa shape index (κ3) is 2.93. The molecule has 2 unspecified atom stereocenters. The minimum Gasteiger partial charge on any atom is -0.336 e. The number of amides is 1. The van der Waals surface area contributed by atoms with Crippen LogP contribution in [0.3, 0.4) is 0 Å². The summed E-state index contributed by atoms with van der Waals surface area (Å²) in [5, 5.41) is 10.7. The number of likely N-dealkylation sites (tertiary alicyclic amines) is 1. The van der Waals surface area contributed by atoms with Gasteiger partial charge in [0.1, 0.15) is 5.82 Å². The summed E-state index contributed by atoms with van der Waals surface area (Å²) < 4.78 is 13.4. The van der Waals surface area contributed by atoms with E-state index in [2.05, 4.69) is 0 Å². The van der Waals surface area contributed by atoms with E-state index in [0.29, 0.717) is 19.4 Å². The molecule has 1 aromatic rings. The van der Waals surface area contributed by atoms with Gasteiger partial charge in [-0.15, -0.1) is 0 Å². The van der Waals surface area contributed by atoms with Crippen molar-refractivity contribution in [1.29, 1.82) is 0 Å². The van der Waals surface area contributed by atoms with Crippen LogP contribution in [0.5, 0.6) is 0 Å². The first-order chi connectivity index (χ1) is 9.38. The van der Waals surface area contributed by atoms with Gasteiger partial charge in [-0.05, 0) is 25.8 Å². The number of carbonyl (C=O) groups excluding carboxylic acids is 1. The molecule has 1 saturated heterocycles. The lowest BCUT2D eigenvalue weighted by Crippen LogP contribution is -2.48. The minimum atomic E-state index is -0.788. The van der Waals surface area contributed by atoms with Gasteiger partial charge in [0.05, 0.1) is 11.0 Å². The van der Waals surface area contributed by atoms with Gasteiger partial charge in [-0.2, -0.15) is 0 Å². The minimum absolute atomic E-state index is 0.000906. The molecule has 1 aliphatic rings. The van der Waals surface area contributed by atoms with Crippen LogP contribution >= 0.6 is 0 Å². The van der Waals surface area contributed by atoms with Gasteiger partial charge in [0, 0.05) is 30.3 Å². The third-order valence-electron chi connectivity index (χ3n) is 3.52. The fourth-order valence-electron chi connectivity index (χ4n) is 2.48. The van der Waals surface area contributed by atoms with Gasteiger partial charge in [0.25, 0.3) is 11.6 Å². The molecule has 1 fully saturated rings. The van der Waals surface area contributed by atoms with Gasteiger partial charge < -0.3 is 10.6 Å². The summed E-state index contributed by atoms with van der Waals surface area (Å²) in [5.41, 5.74) is 5.40. The molecule has 7 heteroatoms. The average Bonchev–Trinajstić information content (AvgIpc) is 2.37. The lowest BCUT2D eigenvalue weighted by molar-refractivity contribution is -0.385. The number of benzene rings is 1. The maximum Gasteiger partial charge on any atom is 0.273 e. The van der Waals surface area contributed by atoms with Crippen molar-refractivity contribution in [3.05, 3.63) is 39.7 Å². The van der Waals surface area contributed by atoms with E-state index in [4.69, 9.17) is 5.73 Å². The van der Waals surface area contributed by atoms with Crippen molar-refractivity contribution in [2.24, 2.45) is 5.73 Å². The number of carbonyl (C=O) groups is 1. The monoisotopic (exact) mass is 281 g/mol. The van der Waals surface area contributed by atoms with Crippen LogP contribution in [-0.2, 0) is 0 Å². The van der Waals surface area contributed by atoms with E-state index in [9.17, 15) is 19.3 Å². The van der Waals surface area contributed by atoms with Crippen molar-refractivity contribution < 1.29 is 14.1 Å². The van der Waals surface area contributed by atoms with Gasteiger partial charge in [-0.3, -0.25) is 14.9 Å². The highest BCUT2D eigenvalue weighted by Gasteiger charge is 2.28. The van der Waals surface area contributed by atoms with Crippen molar-refractivity contribution in [1.82, 2.24) is 4.90 Å². The van der Waals surface area contributed by atoms with E-state index >= 15 is 0 Å². The number of hydrogen-bond acceptors (Lipinski definition) is 4. The zero-order chi connectivity index (χ0) is 14.9. The molecule has 1 aromatic carbocycles. The molecule has 6 nitrogen and oxygen atoms in total. The highest BCUT2D eigenvalue weighted by Crippen LogP contribution is 2.22. The number of non-ortho nitro benzene ring substituents is 1. The number of halogens is 1. The Balaban J connectivity index is 2.27. The van der Waals surface area contributed by atoms with Crippen molar-refractivity contribution in [3.8, 4) is 0 Å². The molecule has 0 bridgehead atoms. The fraction of sp³-hybridized carbons (Fsp3) is 0.462. The largest absolute Gasteiger partial charge is 0.336 e. The van der Waals surface area contributed by atoms with E-state index < -0.39 is 22.3 Å². The van der Waals surface area contributed by atoms with E-state index in [1.807, 2.05) is 6.92 Å². The molecule has 1 amide bonds. The van der Waals surface area contributed by atoms with Crippen molar-refractivity contribution in [3.63, 3.8) is 0 Å². The molecule has 20 heavy (non-hydrogen) atoms. The Bertz CT molecular complexity index is 550. The highest BCUT2D eigenvalue weighted by atomic mass is 19.1. The maximum absolute atomic E-state index is 13.4. The molecule has 2 N–H and O–H groups in total. The molecule has 1 aliphatic heterocycles. The first kappa shape index (κ1) is 14.4. The second kappa shape index (κ2) is 5.54. The van der Waals surface area contributed by atoms with Crippen LogP contribution in [0.25, 0.3) is 0 Å². The van der Waals surface area contributed by atoms with E-state index in [1.165, 1.54) is 0 Å². The summed E-state index contributed by atoms with van der Waals surface area (Å²) in [6.07, 6.45) is 1.34. The molecule has 0 spiro atoms. The lowest BCUT2D eigenvalue weighted by Gasteiger charge is -2.36. The molecule has 0 saturated carbocycles. The highest BCUT2D eigenvalue weighted by molar-refractivity contribution is 5.95. The molecule has 0 aromatic heterocycles. The van der Waals surface area contributed by atoms with Gasteiger partial charge >= 0.3 is 0 Å². The third-order valence-corrected chi connectivity index (χ3v) is 3.52. The van der Waals surface area contributed by atoms with E-state index in [0.717, 1.165) is 18.2 Å². The van der Waals surface area contributed by atoms with Crippen LogP contribution in [0, 0.1) is 15.9 Å². The Kier molecular flexibility index (Phi) is 3.99. The molecule has 2 atom stereocenters. The molecule has 0 aliphatic carbocycles. The first-order valence-corrected chi connectivity index (χ1v) is 6.40. The zero-order valence-electron chi connectivity index (χ0n) is 11.1. The van der Waals surface area contributed by atoms with Crippen LogP contribution in [0.15, 0.2) is 18.2 Å². The normalized spacial score (nSPS) is 22.6. The summed E-state index contributed by atoms with van der Waals surface area (Å²) in [7, 11) is 0. The number of nitrogens with two attached hydrogens (primary N) is 1. The molecule has 108 valence electrons. The number of nitro benzene ring substituents is 1. The SMILES string of the molecule is CC1CC(N)CCN1C(=O)c1cc(F)cc([N+](=O)[O-])c1. The maximum atomic E-state index is 13.4. The Hall–Kier alpha value is -2.02. The summed E-state index contributed by atoms with van der Waals surface area (Å²) in [5.74, 6) is -1.18. The van der Waals surface area contributed by atoms with Gasteiger partial charge in [0.2, 0.25) is 0 Å². The van der Waals surface area contributed by atoms with Crippen LogP contribution in [0.1, 0.15) is 30.1 Å². The molecule has 1 heterocycles. The summed E-state index contributed by atoms with van der Waals surface area (Å²) in [4.78, 5) is 23.9. The van der Waals surface area contributed by atoms with Crippen LogP contribution in [-0.4, -0.2) is 34.4 Å². The number of nitrogens with zero attached hydrogens (tertiary/aromatic N) is 2. The van der Waals surface area contributed by atoms with Crippen LogP contribution < -0.4 is 5.73 Å². The standard InChI is InChI=1S/C13H16FN3O3/c1-8-4-11(15)2-3-16(8)13(18)9-5-10(14)7-12(6-9)17(19)20/h5-8,11H,2-4,15H2,1H3. The second-order valence-electron chi connectivity index (χ2n) is 5.09. The van der Waals surface area contributed by atoms with Crippen molar-refractivity contribution in [2.75, 3.05) is 6.54 Å². The lowest BCUT2D eigenvalue weighted by atomic mass is 9.98. The predicted molar refractivity (Wildman–Crippen MR) is 70.8 cm³/mol. The Labute approximate surface area is 115 Å². The fourth-order valence-corrected chi connectivity index (χ4v) is 2.48.